The fraction of sp³-hybridized carbons (Fsp3) is 0.333. The molecule has 8 heteroatoms. The number of carbonyl (C=O) groups excluding carboxylic acids is 3. The Hall–Kier alpha value is -3.94. The van der Waals surface area contributed by atoms with Crippen LogP contribution in [0.3, 0.4) is 0 Å². The first-order valence-electron chi connectivity index (χ1n) is 11.7. The number of imidazole rings is 1. The van der Waals surface area contributed by atoms with Crippen molar-refractivity contribution in [2.24, 2.45) is 5.41 Å². The maximum absolute atomic E-state index is 13.5. The maximum atomic E-state index is 13.5. The molecule has 2 unspecified atom stereocenters. The first-order chi connectivity index (χ1) is 16.9. The number of ketones is 1. The van der Waals surface area contributed by atoms with Crippen molar-refractivity contribution in [3.63, 3.8) is 0 Å². The van der Waals surface area contributed by atoms with E-state index < -0.39 is 29.3 Å². The van der Waals surface area contributed by atoms with Gasteiger partial charge >= 0.3 is 0 Å². The molecule has 0 spiro atoms. The zero-order valence-corrected chi connectivity index (χ0v) is 19.9. The quantitative estimate of drug-likeness (QED) is 0.396. The number of carbonyl (C=O) groups is 3. The van der Waals surface area contributed by atoms with Gasteiger partial charge in [0, 0.05) is 24.2 Å². The molecule has 1 aliphatic rings. The van der Waals surface area contributed by atoms with Gasteiger partial charge in [-0.3, -0.25) is 14.4 Å². The van der Waals surface area contributed by atoms with Crippen molar-refractivity contribution in [1.82, 2.24) is 20.6 Å². The van der Waals surface area contributed by atoms with Gasteiger partial charge in [0.05, 0.1) is 13.2 Å². The van der Waals surface area contributed by atoms with Crippen LogP contribution in [0.4, 0.5) is 0 Å². The zero-order valence-electron chi connectivity index (χ0n) is 19.9. The van der Waals surface area contributed by atoms with E-state index in [9.17, 15) is 14.4 Å². The highest BCUT2D eigenvalue weighted by Crippen LogP contribution is 2.46. The molecule has 3 aromatic rings. The Morgan fingerprint density at radius 1 is 0.971 bits per heavy atom. The van der Waals surface area contributed by atoms with E-state index in [-0.39, 0.29) is 18.0 Å². The molecule has 1 fully saturated rings. The number of hydrogen-bond donors (Lipinski definition) is 3. The number of rotatable bonds is 11. The maximum Gasteiger partial charge on any atom is 0.287 e. The summed E-state index contributed by atoms with van der Waals surface area (Å²) in [7, 11) is 1.58. The average Bonchev–Trinajstić information content (AvgIpc) is 3.39. The smallest absolute Gasteiger partial charge is 0.287 e. The van der Waals surface area contributed by atoms with Crippen molar-refractivity contribution in [2.45, 2.75) is 44.7 Å². The van der Waals surface area contributed by atoms with Crippen LogP contribution in [0.25, 0.3) is 0 Å². The molecule has 1 aromatic heterocycles. The number of aromatic nitrogens is 2. The standard InChI is InChI=1S/C27H30N4O4/c1-27(12-13-27)23(32)21(16-18-6-4-3-5-7-18)30-25(33)22(31-26(34)24-28-14-15-29-24)17-19-8-10-20(35-2)11-9-19/h3-11,14-15,21-22H,12-13,16-17H2,1-2H3,(H,28,29)(H,30,33)(H,31,34). The van der Waals surface area contributed by atoms with E-state index in [0.717, 1.165) is 24.0 Å². The lowest BCUT2D eigenvalue weighted by Gasteiger charge is -2.25. The third kappa shape index (κ3) is 6.15. The van der Waals surface area contributed by atoms with Gasteiger partial charge in [0.2, 0.25) is 5.91 Å². The molecule has 0 aliphatic heterocycles. The van der Waals surface area contributed by atoms with Gasteiger partial charge in [-0.15, -0.1) is 0 Å². The predicted molar refractivity (Wildman–Crippen MR) is 131 cm³/mol. The number of nitrogens with zero attached hydrogens (tertiary/aromatic N) is 1. The minimum Gasteiger partial charge on any atom is -0.497 e. The molecule has 182 valence electrons. The first-order valence-corrected chi connectivity index (χ1v) is 11.7. The molecular formula is C27H30N4O4. The third-order valence-corrected chi connectivity index (χ3v) is 6.44. The lowest BCUT2D eigenvalue weighted by atomic mass is 9.92. The summed E-state index contributed by atoms with van der Waals surface area (Å²) in [4.78, 5) is 46.2. The predicted octanol–water partition coefficient (Wildman–Crippen LogP) is 2.86. The molecule has 2 atom stereocenters. The number of amides is 2. The molecule has 4 rings (SSSR count). The van der Waals surface area contributed by atoms with Gasteiger partial charge in [-0.1, -0.05) is 49.4 Å². The van der Waals surface area contributed by atoms with Crippen LogP contribution < -0.4 is 15.4 Å². The van der Waals surface area contributed by atoms with Crippen LogP contribution in [0.2, 0.25) is 0 Å². The molecule has 0 bridgehead atoms. The van der Waals surface area contributed by atoms with Crippen molar-refractivity contribution < 1.29 is 19.1 Å². The number of ether oxygens (including phenoxy) is 1. The normalized spacial score (nSPS) is 15.5. The van der Waals surface area contributed by atoms with Crippen molar-refractivity contribution >= 4 is 17.6 Å². The molecule has 0 radical (unpaired) electrons. The van der Waals surface area contributed by atoms with Crippen molar-refractivity contribution in [2.75, 3.05) is 7.11 Å². The van der Waals surface area contributed by atoms with E-state index in [1.54, 1.807) is 25.4 Å². The second-order valence-electron chi connectivity index (χ2n) is 9.19. The Bertz CT molecular complexity index is 1160. The fourth-order valence-electron chi connectivity index (χ4n) is 4.01. The van der Waals surface area contributed by atoms with Crippen LogP contribution in [0.1, 0.15) is 41.5 Å². The van der Waals surface area contributed by atoms with Gasteiger partial charge in [-0.25, -0.2) is 4.98 Å². The minimum absolute atomic E-state index is 0.0234. The molecule has 8 nitrogen and oxygen atoms in total. The van der Waals surface area contributed by atoms with Gasteiger partial charge < -0.3 is 20.4 Å². The Balaban J connectivity index is 1.54. The lowest BCUT2D eigenvalue weighted by molar-refractivity contribution is -0.131. The summed E-state index contributed by atoms with van der Waals surface area (Å²) < 4.78 is 5.21. The van der Waals surface area contributed by atoms with Crippen LogP contribution in [0.15, 0.2) is 67.0 Å². The van der Waals surface area contributed by atoms with Crippen LogP contribution >= 0.6 is 0 Å². The number of methoxy groups -OCH3 is 1. The molecule has 1 heterocycles. The van der Waals surface area contributed by atoms with Crippen molar-refractivity contribution in [1.29, 1.82) is 0 Å². The number of benzene rings is 2. The molecule has 0 saturated heterocycles. The first kappa shape index (κ1) is 24.2. The Kier molecular flexibility index (Phi) is 7.29. The van der Waals surface area contributed by atoms with Gasteiger partial charge in [-0.05, 0) is 42.5 Å². The highest BCUT2D eigenvalue weighted by molar-refractivity contribution is 5.98. The summed E-state index contributed by atoms with van der Waals surface area (Å²) in [5, 5.41) is 5.72. The summed E-state index contributed by atoms with van der Waals surface area (Å²) in [5.74, 6) is -0.0845. The molecule has 35 heavy (non-hydrogen) atoms. The van der Waals surface area contributed by atoms with Crippen LogP contribution in [-0.2, 0) is 22.4 Å². The number of aromatic amines is 1. The SMILES string of the molecule is COc1ccc(CC(NC(=O)c2ncc[nH]2)C(=O)NC(Cc2ccccc2)C(=O)C2(C)CC2)cc1. The summed E-state index contributed by atoms with van der Waals surface area (Å²) in [6.07, 6.45) is 5.28. The second kappa shape index (κ2) is 10.5. The topological polar surface area (TPSA) is 113 Å². The van der Waals surface area contributed by atoms with Crippen LogP contribution in [0.5, 0.6) is 5.75 Å². The number of Topliss-reactive ketones (excluding diaryl/α,β-unsaturated/α-hetero) is 1. The average molecular weight is 475 g/mol. The zero-order chi connectivity index (χ0) is 24.8. The van der Waals surface area contributed by atoms with Crippen LogP contribution in [0, 0.1) is 5.41 Å². The Morgan fingerprint density at radius 3 is 2.23 bits per heavy atom. The summed E-state index contributed by atoms with van der Waals surface area (Å²) in [6, 6.07) is 15.3. The Morgan fingerprint density at radius 2 is 1.63 bits per heavy atom. The molecule has 1 aliphatic carbocycles. The van der Waals surface area contributed by atoms with Gasteiger partial charge in [0.25, 0.3) is 5.91 Å². The highest BCUT2D eigenvalue weighted by atomic mass is 16.5. The van der Waals surface area contributed by atoms with Crippen molar-refractivity contribution in [3.05, 3.63) is 83.9 Å². The van der Waals surface area contributed by atoms with E-state index in [1.807, 2.05) is 49.4 Å². The minimum atomic E-state index is -0.904. The van der Waals surface area contributed by atoms with Gasteiger partial charge in [0.1, 0.15) is 11.8 Å². The molecular weight excluding hydrogens is 444 g/mol. The number of hydrogen-bond acceptors (Lipinski definition) is 5. The van der Waals surface area contributed by atoms with Crippen LogP contribution in [-0.4, -0.2) is 46.8 Å². The van der Waals surface area contributed by atoms with E-state index in [4.69, 9.17) is 4.74 Å². The van der Waals surface area contributed by atoms with Crippen molar-refractivity contribution in [3.8, 4) is 5.75 Å². The van der Waals surface area contributed by atoms with Gasteiger partial charge in [0.15, 0.2) is 11.6 Å². The molecule has 3 N–H and O–H groups in total. The highest BCUT2D eigenvalue weighted by Gasteiger charge is 2.48. The largest absolute Gasteiger partial charge is 0.497 e. The number of nitrogens with one attached hydrogen (secondary N) is 3. The summed E-state index contributed by atoms with van der Waals surface area (Å²) >= 11 is 0. The number of H-pyrrole nitrogens is 1. The van der Waals surface area contributed by atoms with E-state index >= 15 is 0 Å². The van der Waals surface area contributed by atoms with E-state index in [2.05, 4.69) is 20.6 Å². The Labute approximate surface area is 204 Å². The second-order valence-corrected chi connectivity index (χ2v) is 9.19. The van der Waals surface area contributed by atoms with E-state index in [1.165, 1.54) is 6.20 Å². The summed E-state index contributed by atoms with van der Waals surface area (Å²) in [5.41, 5.74) is 1.39. The molecule has 1 saturated carbocycles. The fourth-order valence-corrected chi connectivity index (χ4v) is 4.01. The monoisotopic (exact) mass is 474 g/mol. The summed E-state index contributed by atoms with van der Waals surface area (Å²) in [6.45, 7) is 1.94. The molecule has 2 amide bonds. The van der Waals surface area contributed by atoms with Gasteiger partial charge in [-0.2, -0.15) is 0 Å². The van der Waals surface area contributed by atoms with E-state index in [0.29, 0.717) is 12.2 Å². The lowest BCUT2D eigenvalue weighted by Crippen LogP contribution is -2.54. The third-order valence-electron chi connectivity index (χ3n) is 6.44. The molecule has 2 aromatic carbocycles.